The molecule has 0 aliphatic heterocycles. The Morgan fingerprint density at radius 1 is 1.20 bits per heavy atom. The first-order valence-electron chi connectivity index (χ1n) is 8.71. The Morgan fingerprint density at radius 2 is 1.88 bits per heavy atom. The van der Waals surface area contributed by atoms with Crippen LogP contribution < -0.4 is 4.72 Å². The van der Waals surface area contributed by atoms with Crippen molar-refractivity contribution in [2.24, 2.45) is 0 Å². The van der Waals surface area contributed by atoms with Crippen molar-refractivity contribution in [3.63, 3.8) is 0 Å². The summed E-state index contributed by atoms with van der Waals surface area (Å²) in [4.78, 5) is 0. The number of halogens is 1. The van der Waals surface area contributed by atoms with Crippen molar-refractivity contribution in [3.05, 3.63) is 36.4 Å². The third-order valence-corrected chi connectivity index (χ3v) is 5.66. The average Bonchev–Trinajstić information content (AvgIpc) is 2.56. The van der Waals surface area contributed by atoms with Crippen LogP contribution in [0.2, 0.25) is 0 Å². The van der Waals surface area contributed by atoms with Crippen LogP contribution in [0.15, 0.2) is 36.4 Å². The van der Waals surface area contributed by atoms with E-state index in [9.17, 15) is 12.8 Å². The van der Waals surface area contributed by atoms with Crippen molar-refractivity contribution in [2.45, 2.75) is 51.7 Å². The van der Waals surface area contributed by atoms with E-state index in [1.165, 1.54) is 6.08 Å². The second kappa shape index (κ2) is 13.1. The first-order valence-corrected chi connectivity index (χ1v) is 10.3. The molecule has 0 bridgehead atoms. The largest absolute Gasteiger partial charge is 0.491 e. The van der Waals surface area contributed by atoms with Crippen LogP contribution in [0, 0.1) is 0 Å². The fraction of sp³-hybridized carbons (Fsp3) is 0.667. The summed E-state index contributed by atoms with van der Waals surface area (Å²) in [6, 6.07) is 0. The Balaban J connectivity index is 4.10. The summed E-state index contributed by atoms with van der Waals surface area (Å²) in [5.74, 6) is -0.248. The Kier molecular flexibility index (Phi) is 12.5. The van der Waals surface area contributed by atoms with Gasteiger partial charge in [0.1, 0.15) is 18.2 Å². The SMILES string of the molecule is C=C(F)/C=C(/OCCOCCNS(=O)(=O)C(CC)CCC)C(=C)CC. The monoisotopic (exact) mass is 377 g/mol. The Labute approximate surface area is 152 Å². The fourth-order valence-electron chi connectivity index (χ4n) is 2.15. The van der Waals surface area contributed by atoms with E-state index in [1.807, 2.05) is 20.8 Å². The quantitative estimate of drug-likeness (QED) is 0.267. The van der Waals surface area contributed by atoms with E-state index in [0.29, 0.717) is 30.6 Å². The van der Waals surface area contributed by atoms with Crippen molar-refractivity contribution >= 4 is 10.0 Å². The zero-order chi connectivity index (χ0) is 19.3. The fourth-order valence-corrected chi connectivity index (χ4v) is 3.74. The normalized spacial score (nSPS) is 13.5. The van der Waals surface area contributed by atoms with Gasteiger partial charge in [0.05, 0.1) is 18.5 Å². The topological polar surface area (TPSA) is 64.6 Å². The molecular formula is C18H32FNO4S. The highest BCUT2D eigenvalue weighted by Gasteiger charge is 2.21. The average molecular weight is 378 g/mol. The smallest absolute Gasteiger partial charge is 0.214 e. The molecule has 5 nitrogen and oxygen atoms in total. The van der Waals surface area contributed by atoms with Crippen molar-refractivity contribution in [1.29, 1.82) is 0 Å². The van der Waals surface area contributed by atoms with E-state index >= 15 is 0 Å². The molecule has 0 aromatic heterocycles. The maximum absolute atomic E-state index is 12.9. The number of hydrogen-bond acceptors (Lipinski definition) is 4. The predicted octanol–water partition coefficient (Wildman–Crippen LogP) is 3.85. The molecule has 25 heavy (non-hydrogen) atoms. The van der Waals surface area contributed by atoms with Gasteiger partial charge in [-0.25, -0.2) is 17.5 Å². The number of ether oxygens (including phenoxy) is 2. The van der Waals surface area contributed by atoms with Crippen LogP contribution in [0.25, 0.3) is 0 Å². The summed E-state index contributed by atoms with van der Waals surface area (Å²) < 4.78 is 50.4. The lowest BCUT2D eigenvalue weighted by molar-refractivity contribution is 0.0806. The number of rotatable bonds is 15. The first-order chi connectivity index (χ1) is 11.8. The molecular weight excluding hydrogens is 345 g/mol. The minimum atomic E-state index is -3.30. The van der Waals surface area contributed by atoms with E-state index < -0.39 is 15.9 Å². The van der Waals surface area contributed by atoms with E-state index in [-0.39, 0.29) is 31.6 Å². The van der Waals surface area contributed by atoms with Gasteiger partial charge >= 0.3 is 0 Å². The number of hydrogen-bond donors (Lipinski definition) is 1. The van der Waals surface area contributed by atoms with Crippen molar-refractivity contribution < 1.29 is 22.3 Å². The lowest BCUT2D eigenvalue weighted by Crippen LogP contribution is -2.36. The van der Waals surface area contributed by atoms with E-state index in [1.54, 1.807) is 0 Å². The minimum absolute atomic E-state index is 0.216. The molecule has 0 amide bonds. The summed E-state index contributed by atoms with van der Waals surface area (Å²) in [6.45, 7) is 13.7. The molecule has 0 saturated heterocycles. The summed E-state index contributed by atoms with van der Waals surface area (Å²) in [7, 11) is -3.30. The Hall–Kier alpha value is -1.18. The molecule has 0 aromatic rings. The first kappa shape index (κ1) is 23.8. The zero-order valence-corrected chi connectivity index (χ0v) is 16.5. The van der Waals surface area contributed by atoms with Crippen LogP contribution in [-0.2, 0) is 19.5 Å². The van der Waals surface area contributed by atoms with E-state index in [0.717, 1.165) is 6.42 Å². The number of allylic oxidation sites excluding steroid dienone is 3. The maximum Gasteiger partial charge on any atom is 0.214 e. The lowest BCUT2D eigenvalue weighted by atomic mass is 10.2. The summed E-state index contributed by atoms with van der Waals surface area (Å²) in [5, 5.41) is -0.359. The third kappa shape index (κ3) is 10.4. The Bertz CT molecular complexity index is 543. The van der Waals surface area contributed by atoms with Gasteiger partial charge in [-0.1, -0.05) is 40.3 Å². The van der Waals surface area contributed by atoms with Crippen LogP contribution in [0.1, 0.15) is 46.5 Å². The molecule has 1 N–H and O–H groups in total. The lowest BCUT2D eigenvalue weighted by Gasteiger charge is -2.16. The van der Waals surface area contributed by atoms with Gasteiger partial charge in [0.25, 0.3) is 0 Å². The second-order valence-electron chi connectivity index (χ2n) is 5.63. The highest BCUT2D eigenvalue weighted by molar-refractivity contribution is 7.90. The van der Waals surface area contributed by atoms with Gasteiger partial charge in [-0.2, -0.15) is 0 Å². The van der Waals surface area contributed by atoms with Crippen molar-refractivity contribution in [3.8, 4) is 0 Å². The summed E-state index contributed by atoms with van der Waals surface area (Å²) in [6.07, 6.45) is 3.90. The molecule has 0 aromatic carbocycles. The molecule has 1 atom stereocenters. The zero-order valence-electron chi connectivity index (χ0n) is 15.6. The standard InChI is InChI=1S/C18H32FNO4S/c1-6-9-17(8-3)25(21,22)20-10-11-23-12-13-24-18(14-16(5)19)15(4)7-2/h14,17,20H,4-13H2,1-3H3/b18-14+. The molecule has 0 fully saturated rings. The summed E-state index contributed by atoms with van der Waals surface area (Å²) in [5.41, 5.74) is 0.674. The van der Waals surface area contributed by atoms with Gasteiger partial charge in [-0.05, 0) is 24.8 Å². The molecule has 1 unspecified atom stereocenters. The Morgan fingerprint density at radius 3 is 2.40 bits per heavy atom. The highest BCUT2D eigenvalue weighted by atomic mass is 32.2. The van der Waals surface area contributed by atoms with Crippen LogP contribution in [0.3, 0.4) is 0 Å². The molecule has 146 valence electrons. The molecule has 0 heterocycles. The highest BCUT2D eigenvalue weighted by Crippen LogP contribution is 2.15. The molecule has 0 rings (SSSR count). The van der Waals surface area contributed by atoms with Gasteiger partial charge < -0.3 is 9.47 Å². The molecule has 0 aliphatic rings. The summed E-state index contributed by atoms with van der Waals surface area (Å²) >= 11 is 0. The van der Waals surface area contributed by atoms with Gasteiger partial charge in [0.2, 0.25) is 10.0 Å². The van der Waals surface area contributed by atoms with Gasteiger partial charge in [-0.15, -0.1) is 0 Å². The number of sulfonamides is 1. The van der Waals surface area contributed by atoms with Crippen LogP contribution >= 0.6 is 0 Å². The molecule has 0 radical (unpaired) electrons. The molecule has 0 spiro atoms. The van der Waals surface area contributed by atoms with E-state index in [2.05, 4.69) is 17.9 Å². The predicted molar refractivity (Wildman–Crippen MR) is 100 cm³/mol. The van der Waals surface area contributed by atoms with Gasteiger partial charge in [0, 0.05) is 12.6 Å². The van der Waals surface area contributed by atoms with Gasteiger partial charge in [-0.3, -0.25) is 0 Å². The van der Waals surface area contributed by atoms with Crippen LogP contribution in [0.5, 0.6) is 0 Å². The van der Waals surface area contributed by atoms with Crippen LogP contribution in [0.4, 0.5) is 4.39 Å². The van der Waals surface area contributed by atoms with Crippen LogP contribution in [-0.4, -0.2) is 40.0 Å². The molecule has 7 heteroatoms. The van der Waals surface area contributed by atoms with Crippen molar-refractivity contribution in [2.75, 3.05) is 26.4 Å². The minimum Gasteiger partial charge on any atom is -0.491 e. The molecule has 0 saturated carbocycles. The van der Waals surface area contributed by atoms with E-state index in [4.69, 9.17) is 9.47 Å². The second-order valence-corrected chi connectivity index (χ2v) is 7.68. The van der Waals surface area contributed by atoms with Crippen molar-refractivity contribution in [1.82, 2.24) is 4.72 Å². The molecule has 0 aliphatic carbocycles. The van der Waals surface area contributed by atoms with Gasteiger partial charge in [0.15, 0.2) is 0 Å². The number of nitrogens with one attached hydrogen (secondary N) is 1. The third-order valence-electron chi connectivity index (χ3n) is 3.60. The maximum atomic E-state index is 12.9.